The minimum Gasteiger partial charge on any atom is -0.497 e. The second kappa shape index (κ2) is 10.7. The Balaban J connectivity index is 1.37. The van der Waals surface area contributed by atoms with Crippen LogP contribution in [0.4, 0.5) is 10.1 Å². The lowest BCUT2D eigenvalue weighted by Gasteiger charge is -2.36. The smallest absolute Gasteiger partial charge is 0.125 e. The van der Waals surface area contributed by atoms with Crippen molar-refractivity contribution in [2.24, 2.45) is 0 Å². The van der Waals surface area contributed by atoms with Gasteiger partial charge < -0.3 is 14.4 Å². The first-order chi connectivity index (χ1) is 15.6. The van der Waals surface area contributed by atoms with Crippen LogP contribution in [0.3, 0.4) is 0 Å². The summed E-state index contributed by atoms with van der Waals surface area (Å²) in [7, 11) is 1.67. The number of rotatable bonds is 8. The highest BCUT2D eigenvalue weighted by atomic mass is 35.5. The third kappa shape index (κ3) is 5.93. The lowest BCUT2D eigenvalue weighted by Crippen LogP contribution is -2.46. The molecule has 0 radical (unpaired) electrons. The molecule has 4 nitrogen and oxygen atoms in total. The molecule has 4 rings (SSSR count). The van der Waals surface area contributed by atoms with Crippen LogP contribution in [0.1, 0.15) is 18.1 Å². The first-order valence-electron chi connectivity index (χ1n) is 10.9. The Kier molecular flexibility index (Phi) is 7.51. The molecule has 0 aromatic heterocycles. The molecular weight excluding hydrogens is 427 g/mol. The normalized spacial score (nSPS) is 15.4. The van der Waals surface area contributed by atoms with Crippen LogP contribution in [-0.2, 0) is 0 Å². The molecule has 3 aromatic carbocycles. The standard InChI is InChI=1S/C26H28ClFN2O2/c1-31-24-10-2-20(3-11-24)26(32-25-12-4-21(27)5-13-25)14-15-29-16-18-30(19-17-29)23-8-6-22(28)7-9-23/h2-13,26H,14-19H2,1H3. The van der Waals surface area contributed by atoms with Gasteiger partial charge in [0.25, 0.3) is 0 Å². The summed E-state index contributed by atoms with van der Waals surface area (Å²) in [5.74, 6) is 1.44. The van der Waals surface area contributed by atoms with Gasteiger partial charge in [-0.15, -0.1) is 0 Å². The minimum absolute atomic E-state index is 0.0720. The van der Waals surface area contributed by atoms with E-state index in [1.807, 2.05) is 48.5 Å². The van der Waals surface area contributed by atoms with Gasteiger partial charge in [0.2, 0.25) is 0 Å². The Morgan fingerprint density at radius 1 is 0.844 bits per heavy atom. The molecule has 0 spiro atoms. The molecule has 1 fully saturated rings. The van der Waals surface area contributed by atoms with E-state index in [9.17, 15) is 4.39 Å². The van der Waals surface area contributed by atoms with Crippen molar-refractivity contribution in [1.82, 2.24) is 4.90 Å². The molecule has 0 aliphatic carbocycles. The van der Waals surface area contributed by atoms with Gasteiger partial charge in [0.1, 0.15) is 23.4 Å². The molecule has 1 unspecified atom stereocenters. The summed E-state index contributed by atoms with van der Waals surface area (Å²) in [4.78, 5) is 4.77. The van der Waals surface area contributed by atoms with E-state index < -0.39 is 0 Å². The van der Waals surface area contributed by atoms with Gasteiger partial charge in [0.05, 0.1) is 7.11 Å². The van der Waals surface area contributed by atoms with E-state index in [4.69, 9.17) is 21.1 Å². The van der Waals surface area contributed by atoms with Crippen LogP contribution >= 0.6 is 11.6 Å². The Labute approximate surface area is 194 Å². The second-order valence-corrected chi connectivity index (χ2v) is 8.36. The molecule has 1 saturated heterocycles. The Morgan fingerprint density at radius 3 is 2.09 bits per heavy atom. The third-order valence-electron chi connectivity index (χ3n) is 5.85. The predicted octanol–water partition coefficient (Wildman–Crippen LogP) is 5.82. The molecule has 3 aromatic rings. The van der Waals surface area contributed by atoms with Crippen LogP contribution in [0.15, 0.2) is 72.8 Å². The maximum Gasteiger partial charge on any atom is 0.125 e. The van der Waals surface area contributed by atoms with E-state index >= 15 is 0 Å². The van der Waals surface area contributed by atoms with Crippen molar-refractivity contribution in [2.75, 3.05) is 44.7 Å². The molecule has 1 atom stereocenters. The molecule has 32 heavy (non-hydrogen) atoms. The van der Waals surface area contributed by atoms with Gasteiger partial charge in [-0.25, -0.2) is 4.39 Å². The zero-order valence-corrected chi connectivity index (χ0v) is 19.0. The van der Waals surface area contributed by atoms with Gasteiger partial charge >= 0.3 is 0 Å². The predicted molar refractivity (Wildman–Crippen MR) is 127 cm³/mol. The molecule has 1 heterocycles. The third-order valence-corrected chi connectivity index (χ3v) is 6.10. The average Bonchev–Trinajstić information content (AvgIpc) is 2.84. The monoisotopic (exact) mass is 454 g/mol. The summed E-state index contributed by atoms with van der Waals surface area (Å²) < 4.78 is 24.8. The molecule has 1 aliphatic rings. The van der Waals surface area contributed by atoms with Gasteiger partial charge in [0.15, 0.2) is 0 Å². The topological polar surface area (TPSA) is 24.9 Å². The molecule has 0 saturated carbocycles. The summed E-state index contributed by atoms with van der Waals surface area (Å²) in [6, 6.07) is 22.3. The number of halogens is 2. The quantitative estimate of drug-likeness (QED) is 0.428. The van der Waals surface area contributed by atoms with Gasteiger partial charge in [-0.2, -0.15) is 0 Å². The van der Waals surface area contributed by atoms with Crippen LogP contribution in [0.25, 0.3) is 0 Å². The summed E-state index contributed by atoms with van der Waals surface area (Å²) in [5, 5.41) is 0.692. The number of piperazine rings is 1. The fourth-order valence-corrected chi connectivity index (χ4v) is 4.10. The van der Waals surface area contributed by atoms with E-state index in [1.165, 1.54) is 12.1 Å². The SMILES string of the molecule is COc1ccc(C(CCN2CCN(c3ccc(F)cc3)CC2)Oc2ccc(Cl)cc2)cc1. The van der Waals surface area contributed by atoms with Gasteiger partial charge in [-0.3, -0.25) is 4.90 Å². The Bertz CT molecular complexity index is 972. The first-order valence-corrected chi connectivity index (χ1v) is 11.3. The van der Waals surface area contributed by atoms with E-state index in [-0.39, 0.29) is 11.9 Å². The fourth-order valence-electron chi connectivity index (χ4n) is 3.97. The second-order valence-electron chi connectivity index (χ2n) is 7.93. The zero-order valence-electron chi connectivity index (χ0n) is 18.2. The number of nitrogens with zero attached hydrogens (tertiary/aromatic N) is 2. The van der Waals surface area contributed by atoms with E-state index in [2.05, 4.69) is 21.9 Å². The van der Waals surface area contributed by atoms with Gasteiger partial charge in [-0.05, 0) is 66.2 Å². The van der Waals surface area contributed by atoms with Crippen molar-refractivity contribution in [3.05, 3.63) is 89.2 Å². The summed E-state index contributed by atoms with van der Waals surface area (Å²) in [6.07, 6.45) is 0.795. The molecule has 168 valence electrons. The van der Waals surface area contributed by atoms with E-state index in [0.717, 1.165) is 61.9 Å². The minimum atomic E-state index is -0.197. The highest BCUT2D eigenvalue weighted by Crippen LogP contribution is 2.28. The van der Waals surface area contributed by atoms with Crippen LogP contribution in [0, 0.1) is 5.82 Å². The maximum absolute atomic E-state index is 13.2. The Hall–Kier alpha value is -2.76. The number of benzene rings is 3. The molecular formula is C26H28ClFN2O2. The molecule has 0 bridgehead atoms. The maximum atomic E-state index is 13.2. The number of methoxy groups -OCH3 is 1. The summed E-state index contributed by atoms with van der Waals surface area (Å²) >= 11 is 6.03. The van der Waals surface area contributed by atoms with Crippen LogP contribution in [0.2, 0.25) is 5.02 Å². The molecule has 0 amide bonds. The highest BCUT2D eigenvalue weighted by Gasteiger charge is 2.20. The van der Waals surface area contributed by atoms with Crippen molar-refractivity contribution in [1.29, 1.82) is 0 Å². The van der Waals surface area contributed by atoms with Gasteiger partial charge in [0, 0.05) is 49.9 Å². The number of hydrogen-bond donors (Lipinski definition) is 0. The van der Waals surface area contributed by atoms with Crippen LogP contribution in [-0.4, -0.2) is 44.7 Å². The lowest BCUT2D eigenvalue weighted by molar-refractivity contribution is 0.160. The number of anilines is 1. The van der Waals surface area contributed by atoms with Crippen molar-refractivity contribution >= 4 is 17.3 Å². The molecule has 0 N–H and O–H groups in total. The zero-order chi connectivity index (χ0) is 22.3. The van der Waals surface area contributed by atoms with Crippen molar-refractivity contribution < 1.29 is 13.9 Å². The van der Waals surface area contributed by atoms with Crippen molar-refractivity contribution in [3.8, 4) is 11.5 Å². The largest absolute Gasteiger partial charge is 0.497 e. The number of ether oxygens (including phenoxy) is 2. The lowest BCUT2D eigenvalue weighted by atomic mass is 10.1. The van der Waals surface area contributed by atoms with Crippen LogP contribution < -0.4 is 14.4 Å². The molecule has 1 aliphatic heterocycles. The number of hydrogen-bond acceptors (Lipinski definition) is 4. The highest BCUT2D eigenvalue weighted by molar-refractivity contribution is 6.30. The van der Waals surface area contributed by atoms with Crippen molar-refractivity contribution in [3.63, 3.8) is 0 Å². The first kappa shape index (κ1) is 22.4. The van der Waals surface area contributed by atoms with Crippen LogP contribution in [0.5, 0.6) is 11.5 Å². The average molecular weight is 455 g/mol. The fraction of sp³-hybridized carbons (Fsp3) is 0.308. The van der Waals surface area contributed by atoms with Crippen molar-refractivity contribution in [2.45, 2.75) is 12.5 Å². The van der Waals surface area contributed by atoms with E-state index in [0.29, 0.717) is 5.02 Å². The summed E-state index contributed by atoms with van der Waals surface area (Å²) in [5.41, 5.74) is 2.19. The Morgan fingerprint density at radius 2 is 1.47 bits per heavy atom. The molecule has 6 heteroatoms. The summed E-state index contributed by atoms with van der Waals surface area (Å²) in [6.45, 7) is 4.72. The van der Waals surface area contributed by atoms with E-state index in [1.54, 1.807) is 7.11 Å². The van der Waals surface area contributed by atoms with Gasteiger partial charge in [-0.1, -0.05) is 23.7 Å².